The molecular formula is C25H31N5O3S2. The molecule has 3 aromatic heterocycles. The van der Waals surface area contributed by atoms with E-state index in [2.05, 4.69) is 10.3 Å². The maximum absolute atomic E-state index is 11.0. The molecule has 2 saturated carbocycles. The predicted molar refractivity (Wildman–Crippen MR) is 138 cm³/mol. The first-order chi connectivity index (χ1) is 16.4. The van der Waals surface area contributed by atoms with E-state index in [1.54, 1.807) is 11.3 Å². The maximum atomic E-state index is 11.0. The average Bonchev–Trinajstić information content (AvgIpc) is 2.98. The normalized spacial score (nSPS) is 31.0. The number of thioether (sulfide) groups is 1. The largest absolute Gasteiger partial charge is 0.390 e. The second-order valence-electron chi connectivity index (χ2n) is 10.9. The van der Waals surface area contributed by atoms with Crippen molar-refractivity contribution < 1.29 is 14.6 Å². The van der Waals surface area contributed by atoms with Crippen molar-refractivity contribution in [3.63, 3.8) is 0 Å². The van der Waals surface area contributed by atoms with Crippen molar-refractivity contribution in [1.82, 2.24) is 19.9 Å². The molecule has 0 amide bonds. The van der Waals surface area contributed by atoms with Gasteiger partial charge in [0.2, 0.25) is 0 Å². The number of aryl methyl sites for hydroxylation is 2. The average molecular weight is 514 g/mol. The molecule has 186 valence electrons. The first-order valence-electron chi connectivity index (χ1n) is 12.0. The summed E-state index contributed by atoms with van der Waals surface area (Å²) in [7, 11) is 0. The number of anilines is 1. The summed E-state index contributed by atoms with van der Waals surface area (Å²) in [6.45, 7) is 11.6. The van der Waals surface area contributed by atoms with E-state index in [1.165, 1.54) is 11.8 Å². The quantitative estimate of drug-likeness (QED) is 0.363. The first kappa shape index (κ1) is 23.5. The molecule has 8 nitrogen and oxygen atoms in total. The number of rotatable bonds is 5. The highest BCUT2D eigenvalue weighted by Crippen LogP contribution is 2.75. The van der Waals surface area contributed by atoms with Gasteiger partial charge in [0.25, 0.3) is 0 Å². The van der Waals surface area contributed by atoms with Crippen LogP contribution in [0, 0.1) is 25.7 Å². The maximum Gasteiger partial charge on any atom is 0.189 e. The molecule has 1 saturated heterocycles. The fourth-order valence-electron chi connectivity index (χ4n) is 6.59. The Morgan fingerprint density at radius 1 is 1.17 bits per heavy atom. The summed E-state index contributed by atoms with van der Waals surface area (Å²) in [6, 6.07) is 1.99. The van der Waals surface area contributed by atoms with E-state index in [0.29, 0.717) is 11.0 Å². The summed E-state index contributed by atoms with van der Waals surface area (Å²) in [6.07, 6.45) is 5.47. The van der Waals surface area contributed by atoms with E-state index in [-0.39, 0.29) is 11.8 Å². The number of hydrogen-bond acceptors (Lipinski definition) is 10. The molecule has 3 fully saturated rings. The van der Waals surface area contributed by atoms with Crippen LogP contribution in [0.1, 0.15) is 51.9 Å². The van der Waals surface area contributed by atoms with Crippen molar-refractivity contribution in [3.05, 3.63) is 23.7 Å². The fraction of sp³-hybridized carbons (Fsp3) is 0.600. The van der Waals surface area contributed by atoms with Crippen LogP contribution in [-0.2, 0) is 9.47 Å². The van der Waals surface area contributed by atoms with Gasteiger partial charge in [-0.2, -0.15) is 0 Å². The SMILES string of the molecule is CSc1nc(C)c(-c2nc3c(C)nccc3s2)c(NC23CCC4C(C(C)(C)O)C42OC(C)(C)O3)n1. The predicted octanol–water partition coefficient (Wildman–Crippen LogP) is 4.93. The van der Waals surface area contributed by atoms with Crippen LogP contribution in [-0.4, -0.2) is 54.0 Å². The first-order valence-corrected chi connectivity index (χ1v) is 14.0. The van der Waals surface area contributed by atoms with Gasteiger partial charge in [-0.3, -0.25) is 4.98 Å². The molecule has 35 heavy (non-hydrogen) atoms. The van der Waals surface area contributed by atoms with Crippen LogP contribution in [0.2, 0.25) is 0 Å². The molecule has 2 N–H and O–H groups in total. The summed E-state index contributed by atoms with van der Waals surface area (Å²) in [4.78, 5) is 19.0. The molecule has 6 rings (SSSR count). The number of hydrogen-bond donors (Lipinski definition) is 2. The molecule has 1 spiro atoms. The Labute approximate surface area is 213 Å². The van der Waals surface area contributed by atoms with Gasteiger partial charge in [-0.15, -0.1) is 11.3 Å². The Kier molecular flexibility index (Phi) is 4.94. The number of nitrogens with zero attached hydrogens (tertiary/aromatic N) is 4. The van der Waals surface area contributed by atoms with Crippen LogP contribution < -0.4 is 5.32 Å². The topological polar surface area (TPSA) is 102 Å². The van der Waals surface area contributed by atoms with E-state index >= 15 is 0 Å². The molecule has 4 unspecified atom stereocenters. The van der Waals surface area contributed by atoms with Crippen molar-refractivity contribution in [2.45, 2.75) is 82.3 Å². The third kappa shape index (κ3) is 3.30. The molecule has 3 aromatic rings. The Morgan fingerprint density at radius 2 is 1.94 bits per heavy atom. The standard InChI is InChI=1S/C25H31N5O3S2/c1-12-16(20-28-17-13(2)26-11-9-15(17)35-20)19(29-21(27-12)34-7)30-24-10-8-14-18(22(3,4)31)25(14,24)33-23(5,6)32-24/h9,11,14,18,31H,8,10H2,1-7H3,(H,27,29,30). The highest BCUT2D eigenvalue weighted by molar-refractivity contribution is 7.98. The van der Waals surface area contributed by atoms with Crippen molar-refractivity contribution in [2.75, 3.05) is 11.6 Å². The van der Waals surface area contributed by atoms with Crippen LogP contribution in [0.5, 0.6) is 0 Å². The molecule has 0 radical (unpaired) electrons. The lowest BCUT2D eigenvalue weighted by Gasteiger charge is -2.35. The van der Waals surface area contributed by atoms with E-state index in [0.717, 1.165) is 45.0 Å². The van der Waals surface area contributed by atoms with Gasteiger partial charge in [0.05, 0.1) is 27.3 Å². The monoisotopic (exact) mass is 513 g/mol. The Bertz CT molecular complexity index is 1350. The van der Waals surface area contributed by atoms with E-state index in [9.17, 15) is 5.11 Å². The van der Waals surface area contributed by atoms with E-state index < -0.39 is 22.7 Å². The molecule has 1 aliphatic heterocycles. The number of nitrogens with one attached hydrogen (secondary N) is 1. The Balaban J connectivity index is 1.50. The van der Waals surface area contributed by atoms with Gasteiger partial charge in [0.15, 0.2) is 16.7 Å². The van der Waals surface area contributed by atoms with Crippen LogP contribution in [0.4, 0.5) is 5.82 Å². The molecule has 2 aliphatic carbocycles. The zero-order valence-electron chi connectivity index (χ0n) is 21.1. The second kappa shape index (κ2) is 7.35. The summed E-state index contributed by atoms with van der Waals surface area (Å²) >= 11 is 3.11. The van der Waals surface area contributed by atoms with Crippen molar-refractivity contribution >= 4 is 39.1 Å². The van der Waals surface area contributed by atoms with Crippen molar-refractivity contribution in [2.24, 2.45) is 11.8 Å². The Hall–Kier alpha value is -1.85. The number of ether oxygens (including phenoxy) is 2. The van der Waals surface area contributed by atoms with Gasteiger partial charge in [-0.1, -0.05) is 11.8 Å². The molecule has 4 heterocycles. The number of aliphatic hydroxyl groups is 1. The second-order valence-corrected chi connectivity index (χ2v) is 12.7. The van der Waals surface area contributed by atoms with Crippen LogP contribution in [0.25, 0.3) is 20.8 Å². The van der Waals surface area contributed by atoms with Crippen molar-refractivity contribution in [3.8, 4) is 10.6 Å². The number of thiazole rings is 1. The van der Waals surface area contributed by atoms with Gasteiger partial charge in [0, 0.05) is 18.0 Å². The Morgan fingerprint density at radius 3 is 2.60 bits per heavy atom. The summed E-state index contributed by atoms with van der Waals surface area (Å²) in [5.41, 5.74) is 1.22. The lowest BCUT2D eigenvalue weighted by Crippen LogP contribution is -2.51. The van der Waals surface area contributed by atoms with Gasteiger partial charge in [0.1, 0.15) is 21.9 Å². The van der Waals surface area contributed by atoms with Gasteiger partial charge in [-0.25, -0.2) is 15.0 Å². The fourth-order valence-corrected chi connectivity index (χ4v) is 8.11. The summed E-state index contributed by atoms with van der Waals surface area (Å²) in [5.74, 6) is 0.101. The van der Waals surface area contributed by atoms with Crippen LogP contribution in [0.15, 0.2) is 17.4 Å². The molecule has 3 aliphatic rings. The lowest BCUT2D eigenvalue weighted by molar-refractivity contribution is -0.166. The number of aromatic nitrogens is 4. The minimum atomic E-state index is -0.881. The third-order valence-corrected chi connectivity index (χ3v) is 9.20. The van der Waals surface area contributed by atoms with E-state index in [4.69, 9.17) is 24.4 Å². The minimum absolute atomic E-state index is 0.0272. The molecule has 0 bridgehead atoms. The zero-order chi connectivity index (χ0) is 25.0. The highest BCUT2D eigenvalue weighted by Gasteiger charge is 2.87. The third-order valence-electron chi connectivity index (χ3n) is 7.62. The summed E-state index contributed by atoms with van der Waals surface area (Å²) < 4.78 is 14.4. The summed E-state index contributed by atoms with van der Waals surface area (Å²) in [5, 5.41) is 16.3. The van der Waals surface area contributed by atoms with Crippen LogP contribution in [0.3, 0.4) is 0 Å². The minimum Gasteiger partial charge on any atom is -0.390 e. The van der Waals surface area contributed by atoms with Gasteiger partial charge >= 0.3 is 0 Å². The lowest BCUT2D eigenvalue weighted by atomic mass is 9.90. The molecule has 10 heteroatoms. The van der Waals surface area contributed by atoms with Crippen molar-refractivity contribution in [1.29, 1.82) is 0 Å². The molecular weight excluding hydrogens is 482 g/mol. The van der Waals surface area contributed by atoms with Gasteiger partial charge < -0.3 is 19.9 Å². The molecule has 0 aromatic carbocycles. The number of fused-ring (bicyclic) bond motifs is 1. The zero-order valence-corrected chi connectivity index (χ0v) is 22.7. The smallest absolute Gasteiger partial charge is 0.189 e. The van der Waals surface area contributed by atoms with Crippen LogP contribution >= 0.6 is 23.1 Å². The molecule has 4 atom stereocenters. The highest BCUT2D eigenvalue weighted by atomic mass is 32.2. The number of pyridine rings is 1. The van der Waals surface area contributed by atoms with Gasteiger partial charge in [-0.05, 0) is 66.7 Å². The van der Waals surface area contributed by atoms with E-state index in [1.807, 2.05) is 60.1 Å².